The van der Waals surface area contributed by atoms with Crippen LogP contribution in [0.25, 0.3) is 33.1 Å². The number of H-pyrrole nitrogens is 1. The monoisotopic (exact) mass is 397 g/mol. The summed E-state index contributed by atoms with van der Waals surface area (Å²) in [5, 5.41) is 6.33. The van der Waals surface area contributed by atoms with E-state index in [1.807, 2.05) is 25.4 Å². The van der Waals surface area contributed by atoms with E-state index < -0.39 is 0 Å². The third kappa shape index (κ3) is 2.45. The maximum absolute atomic E-state index is 13.2. The number of nitrogens with one attached hydrogen (secondary N) is 1. The van der Waals surface area contributed by atoms with E-state index in [2.05, 4.69) is 15.0 Å². The normalized spacial score (nSPS) is 17.3. The molecule has 0 radical (unpaired) electrons. The molecule has 8 nitrogen and oxygen atoms in total. The molecule has 3 aromatic heterocycles. The second kappa shape index (κ2) is 6.08. The van der Waals surface area contributed by atoms with E-state index >= 15 is 0 Å². The third-order valence-corrected chi connectivity index (χ3v) is 5.83. The molecule has 0 saturated carbocycles. The maximum Gasteiger partial charge on any atom is 0.264 e. The molecule has 1 saturated heterocycles. The van der Waals surface area contributed by atoms with Crippen molar-refractivity contribution >= 4 is 39.5 Å². The highest BCUT2D eigenvalue weighted by molar-refractivity contribution is 6.38. The van der Waals surface area contributed by atoms with Gasteiger partial charge in [0.15, 0.2) is 0 Å². The Morgan fingerprint density at radius 3 is 2.86 bits per heavy atom. The number of rotatable bonds is 2. The van der Waals surface area contributed by atoms with Gasteiger partial charge in [0.25, 0.3) is 5.56 Å². The largest absolute Gasteiger partial charge is 0.345 e. The number of halogens is 1. The van der Waals surface area contributed by atoms with Crippen LogP contribution in [-0.2, 0) is 14.1 Å². The molecule has 9 heteroatoms. The van der Waals surface area contributed by atoms with Crippen LogP contribution in [0.2, 0.25) is 5.02 Å². The zero-order valence-electron chi connectivity index (χ0n) is 15.6. The second-order valence-electron chi connectivity index (χ2n) is 7.36. The molecule has 4 aromatic rings. The molecule has 0 aliphatic carbocycles. The van der Waals surface area contributed by atoms with E-state index in [1.54, 1.807) is 22.5 Å². The summed E-state index contributed by atoms with van der Waals surface area (Å²) in [6.07, 6.45) is 4.56. The van der Waals surface area contributed by atoms with Gasteiger partial charge < -0.3 is 15.6 Å². The molecule has 5 rings (SSSR count). The van der Waals surface area contributed by atoms with E-state index in [4.69, 9.17) is 22.3 Å². The standard InChI is InChI=1S/C19H20ClN7O/c1-25-9-13-14(24-25)4-3-11(16(13)20)12-7-22-17-15(12)18(28)26(2)19(23-17)27-6-5-10(21)8-27/h3-4,7,9-10,22H,5-6,8,21H2,1-2H3/t10-/m1/s1. The van der Waals surface area contributed by atoms with Crippen molar-refractivity contribution in [3.8, 4) is 11.1 Å². The number of aryl methyl sites for hydroxylation is 1. The van der Waals surface area contributed by atoms with Crippen LogP contribution in [-0.4, -0.2) is 43.4 Å². The summed E-state index contributed by atoms with van der Waals surface area (Å²) in [6.45, 7) is 1.49. The summed E-state index contributed by atoms with van der Waals surface area (Å²) in [7, 11) is 3.60. The molecule has 0 bridgehead atoms. The number of aromatic amines is 1. The van der Waals surface area contributed by atoms with Crippen molar-refractivity contribution < 1.29 is 0 Å². The van der Waals surface area contributed by atoms with Gasteiger partial charge in [-0.15, -0.1) is 0 Å². The van der Waals surface area contributed by atoms with Crippen LogP contribution in [0.5, 0.6) is 0 Å². The third-order valence-electron chi connectivity index (χ3n) is 5.43. The zero-order valence-corrected chi connectivity index (χ0v) is 16.4. The summed E-state index contributed by atoms with van der Waals surface area (Å²) >= 11 is 6.67. The Hall–Kier alpha value is -2.84. The average Bonchev–Trinajstić information content (AvgIpc) is 3.36. The Morgan fingerprint density at radius 1 is 1.29 bits per heavy atom. The van der Waals surface area contributed by atoms with Gasteiger partial charge in [-0.05, 0) is 12.5 Å². The van der Waals surface area contributed by atoms with E-state index in [0.29, 0.717) is 28.5 Å². The van der Waals surface area contributed by atoms with Crippen molar-refractivity contribution in [1.82, 2.24) is 24.3 Å². The van der Waals surface area contributed by atoms with Crippen molar-refractivity contribution in [2.75, 3.05) is 18.0 Å². The van der Waals surface area contributed by atoms with Gasteiger partial charge in [0, 0.05) is 62.1 Å². The molecule has 4 heterocycles. The first-order valence-corrected chi connectivity index (χ1v) is 9.52. The van der Waals surface area contributed by atoms with E-state index in [-0.39, 0.29) is 11.6 Å². The van der Waals surface area contributed by atoms with E-state index in [0.717, 1.165) is 35.0 Å². The fraction of sp³-hybridized carbons (Fsp3) is 0.316. The number of fused-ring (bicyclic) bond motifs is 2. The van der Waals surface area contributed by atoms with Gasteiger partial charge in [-0.3, -0.25) is 14.0 Å². The van der Waals surface area contributed by atoms with Crippen molar-refractivity contribution in [2.24, 2.45) is 19.8 Å². The van der Waals surface area contributed by atoms with Crippen molar-refractivity contribution in [3.05, 3.63) is 39.9 Å². The molecule has 28 heavy (non-hydrogen) atoms. The lowest BCUT2D eigenvalue weighted by Gasteiger charge is -2.19. The lowest BCUT2D eigenvalue weighted by atomic mass is 10.0. The zero-order chi connectivity index (χ0) is 19.6. The summed E-state index contributed by atoms with van der Waals surface area (Å²) in [6, 6.07) is 3.91. The first-order chi connectivity index (χ1) is 13.4. The van der Waals surface area contributed by atoms with Crippen molar-refractivity contribution in [2.45, 2.75) is 12.5 Å². The Bertz CT molecular complexity index is 1290. The molecule has 1 atom stereocenters. The molecule has 0 unspecified atom stereocenters. The molecular formula is C19H20ClN7O. The van der Waals surface area contributed by atoms with E-state index in [9.17, 15) is 4.79 Å². The van der Waals surface area contributed by atoms with Crippen LogP contribution in [0.15, 0.2) is 29.3 Å². The molecule has 1 aliphatic heterocycles. The summed E-state index contributed by atoms with van der Waals surface area (Å²) in [4.78, 5) is 23.1. The molecule has 3 N–H and O–H groups in total. The van der Waals surface area contributed by atoms with Crippen LogP contribution < -0.4 is 16.2 Å². The number of nitrogens with zero attached hydrogens (tertiary/aromatic N) is 5. The highest BCUT2D eigenvalue weighted by atomic mass is 35.5. The first kappa shape index (κ1) is 17.3. The van der Waals surface area contributed by atoms with Gasteiger partial charge in [0.1, 0.15) is 5.65 Å². The molecule has 144 valence electrons. The van der Waals surface area contributed by atoms with Crippen molar-refractivity contribution in [3.63, 3.8) is 0 Å². The number of benzene rings is 1. The molecule has 0 spiro atoms. The predicted molar refractivity (Wildman–Crippen MR) is 111 cm³/mol. The Morgan fingerprint density at radius 2 is 2.11 bits per heavy atom. The van der Waals surface area contributed by atoms with Gasteiger partial charge >= 0.3 is 0 Å². The Kier molecular flexibility index (Phi) is 3.75. The predicted octanol–water partition coefficient (Wildman–Crippen LogP) is 2.01. The smallest absolute Gasteiger partial charge is 0.264 e. The summed E-state index contributed by atoms with van der Waals surface area (Å²) < 4.78 is 3.32. The molecule has 1 fully saturated rings. The van der Waals surface area contributed by atoms with Crippen LogP contribution in [0.1, 0.15) is 6.42 Å². The molecular weight excluding hydrogens is 378 g/mol. The fourth-order valence-corrected chi connectivity index (χ4v) is 4.31. The highest BCUT2D eigenvalue weighted by Gasteiger charge is 2.25. The minimum atomic E-state index is -0.112. The quantitative estimate of drug-likeness (QED) is 0.539. The van der Waals surface area contributed by atoms with Gasteiger partial charge in [-0.25, -0.2) is 0 Å². The fourth-order valence-electron chi connectivity index (χ4n) is 4.00. The minimum Gasteiger partial charge on any atom is -0.345 e. The number of nitrogens with two attached hydrogens (primary N) is 1. The van der Waals surface area contributed by atoms with Gasteiger partial charge in [0.05, 0.1) is 15.9 Å². The Balaban J connectivity index is 1.71. The highest BCUT2D eigenvalue weighted by Crippen LogP contribution is 2.36. The number of hydrogen-bond acceptors (Lipinski definition) is 5. The maximum atomic E-state index is 13.2. The summed E-state index contributed by atoms with van der Waals surface area (Å²) in [5.41, 5.74) is 8.80. The molecule has 1 aromatic carbocycles. The van der Waals surface area contributed by atoms with Crippen molar-refractivity contribution in [1.29, 1.82) is 0 Å². The number of aromatic nitrogens is 5. The second-order valence-corrected chi connectivity index (χ2v) is 7.74. The van der Waals surface area contributed by atoms with Crippen LogP contribution in [0.4, 0.5) is 5.95 Å². The topological polar surface area (TPSA) is 97.8 Å². The van der Waals surface area contributed by atoms with Gasteiger partial charge in [-0.1, -0.05) is 17.7 Å². The van der Waals surface area contributed by atoms with Gasteiger partial charge in [-0.2, -0.15) is 10.1 Å². The van der Waals surface area contributed by atoms with Crippen LogP contribution in [0, 0.1) is 0 Å². The van der Waals surface area contributed by atoms with Gasteiger partial charge in [0.2, 0.25) is 5.95 Å². The minimum absolute atomic E-state index is 0.108. The number of anilines is 1. The lowest BCUT2D eigenvalue weighted by Crippen LogP contribution is -2.32. The Labute approximate surface area is 165 Å². The first-order valence-electron chi connectivity index (χ1n) is 9.15. The lowest BCUT2D eigenvalue weighted by molar-refractivity contribution is 0.740. The SMILES string of the molecule is Cn1cc2c(Cl)c(-c3c[nH]c4nc(N5CC[C@@H](N)C5)n(C)c(=O)c34)ccc2n1. The molecule has 1 aliphatic rings. The van der Waals surface area contributed by atoms with Crippen LogP contribution in [0.3, 0.4) is 0 Å². The van der Waals surface area contributed by atoms with E-state index in [1.165, 1.54) is 0 Å². The van der Waals surface area contributed by atoms with Crippen LogP contribution >= 0.6 is 11.6 Å². The summed E-state index contributed by atoms with van der Waals surface area (Å²) in [5.74, 6) is 0.632. The number of hydrogen-bond donors (Lipinski definition) is 2. The average molecular weight is 398 g/mol. The molecule has 0 amide bonds.